The Morgan fingerprint density at radius 2 is 1.93 bits per heavy atom. The number of rotatable bonds is 8. The van der Waals surface area contributed by atoms with Crippen molar-refractivity contribution in [3.8, 4) is 17.6 Å². The van der Waals surface area contributed by atoms with Gasteiger partial charge in [-0.25, -0.2) is 0 Å². The van der Waals surface area contributed by atoms with E-state index in [0.29, 0.717) is 42.1 Å². The van der Waals surface area contributed by atoms with Crippen LogP contribution in [0.15, 0.2) is 42.5 Å². The number of carbonyl (C=O) groups is 1. The van der Waals surface area contributed by atoms with Crippen LogP contribution in [0.5, 0.6) is 11.5 Å². The lowest BCUT2D eigenvalue weighted by atomic mass is 10.1. The van der Waals surface area contributed by atoms with Crippen molar-refractivity contribution < 1.29 is 27.4 Å². The Balaban J connectivity index is 2.08. The first-order chi connectivity index (χ1) is 12.8. The third-order valence-corrected chi connectivity index (χ3v) is 3.68. The van der Waals surface area contributed by atoms with Crippen LogP contribution in [-0.2, 0) is 12.8 Å². The van der Waals surface area contributed by atoms with Crippen LogP contribution in [0, 0.1) is 11.3 Å². The molecule has 0 bridgehead atoms. The fourth-order valence-corrected chi connectivity index (χ4v) is 2.34. The fourth-order valence-electron chi connectivity index (χ4n) is 2.34. The van der Waals surface area contributed by atoms with Crippen LogP contribution in [0.1, 0.15) is 41.3 Å². The summed E-state index contributed by atoms with van der Waals surface area (Å²) in [5.74, 6) is 0.503. The van der Waals surface area contributed by atoms with Gasteiger partial charge in [0.2, 0.25) is 0 Å². The summed E-state index contributed by atoms with van der Waals surface area (Å²) in [6.45, 7) is 1.62. The molecule has 2 aromatic rings. The second-order valence-electron chi connectivity index (χ2n) is 5.81. The lowest BCUT2D eigenvalue weighted by Gasteiger charge is -2.13. The molecule has 142 valence electrons. The van der Waals surface area contributed by atoms with E-state index in [-0.39, 0.29) is 12.4 Å². The molecule has 0 aromatic heterocycles. The number of halogens is 3. The lowest BCUT2D eigenvalue weighted by molar-refractivity contribution is -0.137. The Labute approximate surface area is 155 Å². The summed E-state index contributed by atoms with van der Waals surface area (Å²) in [7, 11) is 0. The van der Waals surface area contributed by atoms with Gasteiger partial charge < -0.3 is 9.47 Å². The summed E-state index contributed by atoms with van der Waals surface area (Å²) in [4.78, 5) is 11.8. The predicted octanol–water partition coefficient (Wildman–Crippen LogP) is 5.17. The second-order valence-corrected chi connectivity index (χ2v) is 5.81. The molecule has 0 aliphatic carbocycles. The van der Waals surface area contributed by atoms with E-state index in [1.807, 2.05) is 6.07 Å². The van der Waals surface area contributed by atoms with Gasteiger partial charge >= 0.3 is 6.18 Å². The minimum atomic E-state index is -4.41. The van der Waals surface area contributed by atoms with Gasteiger partial charge in [-0.2, -0.15) is 18.4 Å². The first-order valence-electron chi connectivity index (χ1n) is 8.25. The molecule has 2 rings (SSSR count). The topological polar surface area (TPSA) is 59.3 Å². The number of Topliss-reactive ketones (excluding diaryl/α,β-unsaturated/α-hetero) is 1. The first-order valence-corrected chi connectivity index (χ1v) is 8.25. The summed E-state index contributed by atoms with van der Waals surface area (Å²) in [5, 5.41) is 8.52. The van der Waals surface area contributed by atoms with Crippen LogP contribution < -0.4 is 9.47 Å². The summed E-state index contributed by atoms with van der Waals surface area (Å²) in [6, 6.07) is 11.5. The standard InChI is InChI=1S/C20H18F3NO3/c1-14(25)18-12-17(7-8-19(18)26-10-3-2-9-24)27-13-15-5-4-6-16(11-15)20(21,22)23/h4-8,11-12H,2-3,10,13H2,1H3. The number of alkyl halides is 3. The van der Waals surface area contributed by atoms with E-state index in [9.17, 15) is 18.0 Å². The zero-order valence-electron chi connectivity index (χ0n) is 14.7. The van der Waals surface area contributed by atoms with Gasteiger partial charge in [-0.3, -0.25) is 4.79 Å². The highest BCUT2D eigenvalue weighted by molar-refractivity contribution is 5.97. The van der Waals surface area contributed by atoms with E-state index in [1.54, 1.807) is 12.1 Å². The minimum Gasteiger partial charge on any atom is -0.493 e. The van der Waals surface area contributed by atoms with Crippen LogP contribution >= 0.6 is 0 Å². The van der Waals surface area contributed by atoms with Crippen molar-refractivity contribution in [3.63, 3.8) is 0 Å². The molecule has 27 heavy (non-hydrogen) atoms. The average Bonchev–Trinajstić information content (AvgIpc) is 2.63. The van der Waals surface area contributed by atoms with Gasteiger partial charge in [-0.05, 0) is 49.2 Å². The molecule has 0 saturated heterocycles. The maximum Gasteiger partial charge on any atom is 0.416 e. The van der Waals surface area contributed by atoms with Crippen molar-refractivity contribution in [3.05, 3.63) is 59.2 Å². The Hall–Kier alpha value is -3.01. The molecule has 0 heterocycles. The van der Waals surface area contributed by atoms with E-state index in [1.165, 1.54) is 25.1 Å². The first kappa shape index (κ1) is 20.3. The van der Waals surface area contributed by atoms with Gasteiger partial charge in [-0.1, -0.05) is 12.1 Å². The molecule has 0 atom stereocenters. The summed E-state index contributed by atoms with van der Waals surface area (Å²) in [5.41, 5.74) is -0.0614. The number of nitriles is 1. The quantitative estimate of drug-likeness (QED) is 0.470. The van der Waals surface area contributed by atoms with Crippen molar-refractivity contribution >= 4 is 5.78 Å². The maximum absolute atomic E-state index is 12.8. The number of hydrogen-bond donors (Lipinski definition) is 0. The Morgan fingerprint density at radius 3 is 2.59 bits per heavy atom. The molecular formula is C20H18F3NO3. The van der Waals surface area contributed by atoms with Gasteiger partial charge in [0.1, 0.15) is 18.1 Å². The summed E-state index contributed by atoms with van der Waals surface area (Å²) >= 11 is 0. The van der Waals surface area contributed by atoms with Gasteiger partial charge in [0, 0.05) is 6.42 Å². The zero-order valence-corrected chi connectivity index (χ0v) is 14.7. The highest BCUT2D eigenvalue weighted by atomic mass is 19.4. The monoisotopic (exact) mass is 377 g/mol. The molecule has 0 aliphatic heterocycles. The number of benzene rings is 2. The van der Waals surface area contributed by atoms with Crippen LogP contribution in [0.4, 0.5) is 13.2 Å². The predicted molar refractivity (Wildman–Crippen MR) is 92.6 cm³/mol. The van der Waals surface area contributed by atoms with Gasteiger partial charge in [0.05, 0.1) is 23.8 Å². The van der Waals surface area contributed by atoms with Crippen molar-refractivity contribution in [1.29, 1.82) is 5.26 Å². The van der Waals surface area contributed by atoms with Crippen molar-refractivity contribution in [1.82, 2.24) is 0 Å². The van der Waals surface area contributed by atoms with E-state index in [4.69, 9.17) is 14.7 Å². The summed E-state index contributed by atoms with van der Waals surface area (Å²) < 4.78 is 49.3. The van der Waals surface area contributed by atoms with E-state index in [2.05, 4.69) is 0 Å². The Morgan fingerprint density at radius 1 is 1.15 bits per heavy atom. The molecule has 7 heteroatoms. The smallest absolute Gasteiger partial charge is 0.416 e. The van der Waals surface area contributed by atoms with Gasteiger partial charge in [-0.15, -0.1) is 0 Å². The van der Waals surface area contributed by atoms with Crippen LogP contribution in [0.2, 0.25) is 0 Å². The van der Waals surface area contributed by atoms with E-state index >= 15 is 0 Å². The number of ketones is 1. The molecular weight excluding hydrogens is 359 g/mol. The third-order valence-electron chi connectivity index (χ3n) is 3.68. The minimum absolute atomic E-state index is 0.0658. The molecule has 0 unspecified atom stereocenters. The molecule has 2 aromatic carbocycles. The largest absolute Gasteiger partial charge is 0.493 e. The molecule has 0 spiro atoms. The molecule has 0 N–H and O–H groups in total. The highest BCUT2D eigenvalue weighted by Crippen LogP contribution is 2.30. The van der Waals surface area contributed by atoms with Gasteiger partial charge in [0.15, 0.2) is 5.78 Å². The van der Waals surface area contributed by atoms with Crippen molar-refractivity contribution in [2.75, 3.05) is 6.61 Å². The fraction of sp³-hybridized carbons (Fsp3) is 0.300. The van der Waals surface area contributed by atoms with E-state index < -0.39 is 11.7 Å². The molecule has 4 nitrogen and oxygen atoms in total. The van der Waals surface area contributed by atoms with Crippen LogP contribution in [0.3, 0.4) is 0 Å². The SMILES string of the molecule is CC(=O)c1cc(OCc2cccc(C(F)(F)F)c2)ccc1OCCCC#N. The second kappa shape index (κ2) is 9.08. The zero-order chi connectivity index (χ0) is 19.9. The lowest BCUT2D eigenvalue weighted by Crippen LogP contribution is -2.06. The maximum atomic E-state index is 12.8. The number of carbonyl (C=O) groups excluding carboxylic acids is 1. The normalized spacial score (nSPS) is 10.9. The number of hydrogen-bond acceptors (Lipinski definition) is 4. The highest BCUT2D eigenvalue weighted by Gasteiger charge is 2.30. The van der Waals surface area contributed by atoms with Gasteiger partial charge in [0.25, 0.3) is 0 Å². The third kappa shape index (κ3) is 6.03. The van der Waals surface area contributed by atoms with Crippen LogP contribution in [-0.4, -0.2) is 12.4 Å². The van der Waals surface area contributed by atoms with E-state index in [0.717, 1.165) is 12.1 Å². The molecule has 0 aliphatic rings. The van der Waals surface area contributed by atoms with Crippen molar-refractivity contribution in [2.24, 2.45) is 0 Å². The number of unbranched alkanes of at least 4 members (excludes halogenated alkanes) is 1. The summed E-state index contributed by atoms with van der Waals surface area (Å²) in [6.07, 6.45) is -3.52. The van der Waals surface area contributed by atoms with Crippen LogP contribution in [0.25, 0.3) is 0 Å². The number of ether oxygens (including phenoxy) is 2. The molecule has 0 radical (unpaired) electrons. The number of nitrogens with zero attached hydrogens (tertiary/aromatic N) is 1. The van der Waals surface area contributed by atoms with Crippen molar-refractivity contribution in [2.45, 2.75) is 32.5 Å². The molecule has 0 fully saturated rings. The molecule has 0 amide bonds. The Kier molecular flexibility index (Phi) is 6.83. The molecule has 0 saturated carbocycles. The Bertz CT molecular complexity index is 841. The average molecular weight is 377 g/mol.